The van der Waals surface area contributed by atoms with E-state index < -0.39 is 11.0 Å². The van der Waals surface area contributed by atoms with E-state index in [0.717, 1.165) is 50.0 Å². The van der Waals surface area contributed by atoms with Crippen molar-refractivity contribution in [3.63, 3.8) is 0 Å². The summed E-state index contributed by atoms with van der Waals surface area (Å²) in [6.07, 6.45) is 4.89. The highest BCUT2D eigenvalue weighted by Gasteiger charge is 2.60. The Bertz CT molecular complexity index is 748. The van der Waals surface area contributed by atoms with Crippen molar-refractivity contribution in [3.8, 4) is 0 Å². The largest absolute Gasteiger partial charge is 0.457 e. The number of aromatic nitrogens is 1. The molecule has 2 unspecified atom stereocenters. The third-order valence-corrected chi connectivity index (χ3v) is 6.99. The number of hydrogen-bond acceptors (Lipinski definition) is 4. The Morgan fingerprint density at radius 3 is 2.42 bits per heavy atom. The van der Waals surface area contributed by atoms with Crippen LogP contribution in [0, 0.1) is 31.1 Å². The number of carbonyl (C=O) groups excluding carboxylic acids is 2. The van der Waals surface area contributed by atoms with Gasteiger partial charge in [0.2, 0.25) is 5.78 Å². The molecule has 0 spiro atoms. The molecule has 0 radical (unpaired) electrons. The topological polar surface area (TPSA) is 68.5 Å². The molecule has 1 aromatic rings. The molecule has 1 heterocycles. The average Bonchev–Trinajstić information content (AvgIpc) is 2.84. The summed E-state index contributed by atoms with van der Waals surface area (Å²) in [7, 11) is 0. The number of aryl methyl sites for hydroxylation is 1. The number of ketones is 1. The van der Waals surface area contributed by atoms with Crippen LogP contribution >= 0.6 is 0 Å². The summed E-state index contributed by atoms with van der Waals surface area (Å²) in [4.78, 5) is 25.5. The normalized spacial score (nSPS) is 34.9. The molecule has 5 rings (SSSR count). The van der Waals surface area contributed by atoms with Crippen molar-refractivity contribution < 1.29 is 19.4 Å². The van der Waals surface area contributed by atoms with Gasteiger partial charge < -0.3 is 14.4 Å². The van der Waals surface area contributed by atoms with Crippen molar-refractivity contribution >= 4 is 11.8 Å². The predicted molar refractivity (Wildman–Crippen MR) is 96.9 cm³/mol. The molecular formula is C21H29NO4. The van der Waals surface area contributed by atoms with E-state index >= 15 is 0 Å². The molecular weight excluding hydrogens is 330 g/mol. The van der Waals surface area contributed by atoms with Crippen LogP contribution < -0.4 is 0 Å². The molecule has 4 bridgehead atoms. The van der Waals surface area contributed by atoms with Crippen LogP contribution in [0.2, 0.25) is 0 Å². The van der Waals surface area contributed by atoms with Gasteiger partial charge in [-0.25, -0.2) is 0 Å². The maximum Gasteiger partial charge on any atom is 0.312 e. The Labute approximate surface area is 154 Å². The fourth-order valence-corrected chi connectivity index (χ4v) is 6.38. The maximum absolute atomic E-state index is 12.9. The number of Topliss-reactive ketones (excluding diaryl/α,β-unsaturated/α-hetero) is 1. The molecule has 0 saturated heterocycles. The van der Waals surface area contributed by atoms with Crippen molar-refractivity contribution in [2.24, 2.45) is 17.3 Å². The first-order chi connectivity index (χ1) is 12.3. The van der Waals surface area contributed by atoms with E-state index in [2.05, 4.69) is 4.57 Å². The maximum atomic E-state index is 12.9. The van der Waals surface area contributed by atoms with Crippen molar-refractivity contribution in [1.29, 1.82) is 0 Å². The van der Waals surface area contributed by atoms with Crippen LogP contribution in [0.25, 0.3) is 0 Å². The van der Waals surface area contributed by atoms with Crippen LogP contribution in [-0.4, -0.2) is 33.6 Å². The van der Waals surface area contributed by atoms with E-state index in [-0.39, 0.29) is 18.4 Å². The van der Waals surface area contributed by atoms with E-state index in [1.54, 1.807) is 0 Å². The lowest BCUT2D eigenvalue weighted by atomic mass is 9.48. The Morgan fingerprint density at radius 1 is 1.23 bits per heavy atom. The number of esters is 1. The quantitative estimate of drug-likeness (QED) is 0.648. The Kier molecular flexibility index (Phi) is 4.07. The first-order valence-corrected chi connectivity index (χ1v) is 9.85. The van der Waals surface area contributed by atoms with E-state index in [0.29, 0.717) is 23.8 Å². The van der Waals surface area contributed by atoms with Gasteiger partial charge in [0.1, 0.15) is 0 Å². The third-order valence-electron chi connectivity index (χ3n) is 6.99. The zero-order valence-corrected chi connectivity index (χ0v) is 16.0. The molecule has 4 aliphatic carbocycles. The highest BCUT2D eigenvalue weighted by atomic mass is 16.5. The van der Waals surface area contributed by atoms with E-state index in [9.17, 15) is 14.7 Å². The van der Waals surface area contributed by atoms with E-state index in [4.69, 9.17) is 4.74 Å². The summed E-state index contributed by atoms with van der Waals surface area (Å²) >= 11 is 0. The van der Waals surface area contributed by atoms with Gasteiger partial charge in [0.25, 0.3) is 0 Å². The average molecular weight is 359 g/mol. The molecule has 5 heteroatoms. The van der Waals surface area contributed by atoms with Crippen LogP contribution in [0.5, 0.6) is 0 Å². The van der Waals surface area contributed by atoms with Gasteiger partial charge in [0.15, 0.2) is 6.61 Å². The zero-order valence-electron chi connectivity index (χ0n) is 16.0. The molecule has 0 amide bonds. The van der Waals surface area contributed by atoms with Crippen LogP contribution in [0.15, 0.2) is 6.07 Å². The van der Waals surface area contributed by atoms with Crippen LogP contribution in [0.4, 0.5) is 0 Å². The summed E-state index contributed by atoms with van der Waals surface area (Å²) in [5.41, 5.74) is 1.35. The third kappa shape index (κ3) is 2.72. The van der Waals surface area contributed by atoms with Gasteiger partial charge in [-0.05, 0) is 77.2 Å². The van der Waals surface area contributed by atoms with E-state index in [1.165, 1.54) is 0 Å². The molecule has 0 aliphatic heterocycles. The van der Waals surface area contributed by atoms with Gasteiger partial charge in [-0.3, -0.25) is 9.59 Å². The summed E-state index contributed by atoms with van der Waals surface area (Å²) in [6, 6.07) is 1.88. The molecule has 4 fully saturated rings. The molecule has 1 N–H and O–H groups in total. The first-order valence-electron chi connectivity index (χ1n) is 9.85. The smallest absolute Gasteiger partial charge is 0.312 e. The lowest BCUT2D eigenvalue weighted by molar-refractivity contribution is -0.195. The lowest BCUT2D eigenvalue weighted by Gasteiger charge is -2.58. The van der Waals surface area contributed by atoms with Gasteiger partial charge >= 0.3 is 5.97 Å². The minimum atomic E-state index is -0.695. The number of carbonyl (C=O) groups is 2. The second kappa shape index (κ2) is 5.95. The highest BCUT2D eigenvalue weighted by molar-refractivity contribution is 5.99. The van der Waals surface area contributed by atoms with Gasteiger partial charge in [0.05, 0.1) is 11.0 Å². The van der Waals surface area contributed by atoms with Crippen LogP contribution in [0.1, 0.15) is 67.2 Å². The summed E-state index contributed by atoms with van der Waals surface area (Å²) in [5, 5.41) is 10.8. The number of ether oxygens (including phenoxy) is 1. The Balaban J connectivity index is 1.45. The molecule has 4 saturated carbocycles. The lowest BCUT2D eigenvalue weighted by Crippen LogP contribution is -2.58. The molecule has 1 aromatic heterocycles. The van der Waals surface area contributed by atoms with Crippen molar-refractivity contribution in [3.05, 3.63) is 23.0 Å². The monoisotopic (exact) mass is 359 g/mol. The van der Waals surface area contributed by atoms with Crippen molar-refractivity contribution in [2.45, 2.75) is 71.4 Å². The molecule has 4 aliphatic rings. The van der Waals surface area contributed by atoms with Crippen molar-refractivity contribution in [1.82, 2.24) is 4.57 Å². The summed E-state index contributed by atoms with van der Waals surface area (Å²) in [6.45, 7) is 6.57. The second-order valence-corrected chi connectivity index (χ2v) is 8.99. The minimum Gasteiger partial charge on any atom is -0.457 e. The molecule has 142 valence electrons. The summed E-state index contributed by atoms with van der Waals surface area (Å²) in [5.74, 6) is 0.429. The minimum absolute atomic E-state index is 0.144. The van der Waals surface area contributed by atoms with Gasteiger partial charge in [-0.1, -0.05) is 0 Å². The number of nitrogens with zero attached hydrogens (tertiary/aromatic N) is 1. The summed E-state index contributed by atoms with van der Waals surface area (Å²) < 4.78 is 7.60. The highest BCUT2D eigenvalue weighted by Crippen LogP contribution is 2.61. The van der Waals surface area contributed by atoms with Crippen LogP contribution in [-0.2, 0) is 16.1 Å². The van der Waals surface area contributed by atoms with E-state index in [1.807, 2.05) is 26.8 Å². The first kappa shape index (κ1) is 17.8. The second-order valence-electron chi connectivity index (χ2n) is 8.99. The van der Waals surface area contributed by atoms with Gasteiger partial charge in [-0.15, -0.1) is 0 Å². The fraction of sp³-hybridized carbons (Fsp3) is 0.714. The SMILES string of the molecule is CCn1c(C)cc(C(=O)COC(=O)C23C[C@@H]4C[C@@H](CC(O)(C4)C2)C3)c1C. The van der Waals surface area contributed by atoms with Crippen LogP contribution in [0.3, 0.4) is 0 Å². The Morgan fingerprint density at radius 2 is 1.88 bits per heavy atom. The molecule has 5 nitrogen and oxygen atoms in total. The molecule has 0 aromatic carbocycles. The number of aliphatic hydroxyl groups is 1. The standard InChI is InChI=1S/C21H29NO4/c1-4-22-13(2)5-17(14(22)3)18(23)11-26-19(24)20-7-15-6-16(8-20)10-21(25,9-15)12-20/h5,15-16,25H,4,6-12H2,1-3H3/t15-,16+,20?,21?. The Hall–Kier alpha value is -1.62. The zero-order chi connectivity index (χ0) is 18.7. The number of hydrogen-bond donors (Lipinski definition) is 1. The van der Waals surface area contributed by atoms with Gasteiger partial charge in [-0.2, -0.15) is 0 Å². The molecule has 4 atom stereocenters. The molecule has 26 heavy (non-hydrogen) atoms. The number of rotatable bonds is 5. The van der Waals surface area contributed by atoms with Crippen molar-refractivity contribution in [2.75, 3.05) is 6.61 Å². The van der Waals surface area contributed by atoms with Gasteiger partial charge in [0, 0.05) is 23.5 Å². The fourth-order valence-electron chi connectivity index (χ4n) is 6.38. The predicted octanol–water partition coefficient (Wildman–Crippen LogP) is 3.18.